The van der Waals surface area contributed by atoms with Crippen LogP contribution in [0.2, 0.25) is 0 Å². The largest absolute Gasteiger partial charge is 0.481 e. The van der Waals surface area contributed by atoms with Crippen LogP contribution in [0.15, 0.2) is 12.2 Å². The normalized spacial score (nSPS) is 29.1. The van der Waals surface area contributed by atoms with E-state index in [1.165, 1.54) is 0 Å². The molecule has 0 saturated heterocycles. The first kappa shape index (κ1) is 16.1. The number of nitrogens with zero attached hydrogens (tertiary/aromatic N) is 1. The highest BCUT2D eigenvalue weighted by Crippen LogP contribution is 2.37. The van der Waals surface area contributed by atoms with Crippen LogP contribution in [0.5, 0.6) is 0 Å². The molecule has 1 amide bonds. The lowest BCUT2D eigenvalue weighted by molar-refractivity contribution is -0.151. The number of rotatable bonds is 3. The molecule has 0 aromatic carbocycles. The van der Waals surface area contributed by atoms with Gasteiger partial charge in [0, 0.05) is 13.1 Å². The summed E-state index contributed by atoms with van der Waals surface area (Å²) in [5, 5.41) is 9.31. The highest BCUT2D eigenvalue weighted by atomic mass is 16.4. The highest BCUT2D eigenvalue weighted by Gasteiger charge is 2.38. The van der Waals surface area contributed by atoms with Crippen molar-refractivity contribution in [1.29, 1.82) is 0 Å². The summed E-state index contributed by atoms with van der Waals surface area (Å²) in [5.74, 6) is -1.80. The first-order valence-electron chi connectivity index (χ1n) is 7.96. The van der Waals surface area contributed by atoms with Gasteiger partial charge in [0.2, 0.25) is 5.91 Å². The van der Waals surface area contributed by atoms with Crippen molar-refractivity contribution in [1.82, 2.24) is 4.90 Å². The molecule has 2 aliphatic rings. The van der Waals surface area contributed by atoms with Crippen LogP contribution in [0.4, 0.5) is 0 Å². The third kappa shape index (κ3) is 3.66. The van der Waals surface area contributed by atoms with Crippen LogP contribution in [-0.2, 0) is 9.59 Å². The first-order valence-corrected chi connectivity index (χ1v) is 7.96. The molecule has 0 bridgehead atoms. The summed E-state index contributed by atoms with van der Waals surface area (Å²) in [6.45, 7) is 4.55. The van der Waals surface area contributed by atoms with Gasteiger partial charge in [0.05, 0.1) is 11.8 Å². The average molecular weight is 293 g/mol. The Labute approximate surface area is 127 Å². The molecular formula is C17H27NO3. The number of carbonyl (C=O) groups excluding carboxylic acids is 1. The van der Waals surface area contributed by atoms with E-state index in [2.05, 4.69) is 13.8 Å². The van der Waals surface area contributed by atoms with Gasteiger partial charge in [-0.3, -0.25) is 9.59 Å². The molecule has 0 unspecified atom stereocenters. The second-order valence-electron chi connectivity index (χ2n) is 7.34. The van der Waals surface area contributed by atoms with Gasteiger partial charge in [-0.05, 0) is 43.9 Å². The second-order valence-corrected chi connectivity index (χ2v) is 7.34. The van der Waals surface area contributed by atoms with Gasteiger partial charge >= 0.3 is 5.97 Å². The summed E-state index contributed by atoms with van der Waals surface area (Å²) in [4.78, 5) is 25.9. The summed E-state index contributed by atoms with van der Waals surface area (Å²) in [6.07, 6.45) is 9.15. The van der Waals surface area contributed by atoms with E-state index in [9.17, 15) is 14.7 Å². The van der Waals surface area contributed by atoms with Gasteiger partial charge in [0.15, 0.2) is 0 Å². The second kappa shape index (κ2) is 6.20. The predicted octanol–water partition coefficient (Wildman–Crippen LogP) is 3.08. The van der Waals surface area contributed by atoms with Crippen molar-refractivity contribution >= 4 is 11.9 Å². The fourth-order valence-electron chi connectivity index (χ4n) is 3.57. The SMILES string of the molecule is CN(C(=O)[C@@H]1CC=CC[C@@H]1C(=O)O)C1CCC(C)(C)CC1. The van der Waals surface area contributed by atoms with Crippen LogP contribution >= 0.6 is 0 Å². The Kier molecular flexibility index (Phi) is 4.74. The summed E-state index contributed by atoms with van der Waals surface area (Å²) in [5.41, 5.74) is 0.373. The Bertz CT molecular complexity index is 431. The number of amides is 1. The number of allylic oxidation sites excluding steroid dienone is 2. The van der Waals surface area contributed by atoms with E-state index in [1.807, 2.05) is 24.1 Å². The van der Waals surface area contributed by atoms with Crippen molar-refractivity contribution in [2.75, 3.05) is 7.05 Å². The fourth-order valence-corrected chi connectivity index (χ4v) is 3.57. The minimum absolute atomic E-state index is 0.0106. The molecule has 1 saturated carbocycles. The third-order valence-corrected chi connectivity index (χ3v) is 5.27. The molecule has 21 heavy (non-hydrogen) atoms. The average Bonchev–Trinajstić information content (AvgIpc) is 2.45. The standard InChI is InChI=1S/C17H27NO3/c1-17(2)10-8-12(9-11-17)18(3)15(19)13-6-4-5-7-14(13)16(20)21/h4-5,12-14H,6-11H2,1-3H3,(H,20,21)/t13-,14+/m1/s1. The van der Waals surface area contributed by atoms with Gasteiger partial charge in [0.1, 0.15) is 0 Å². The van der Waals surface area contributed by atoms with Crippen molar-refractivity contribution in [2.24, 2.45) is 17.3 Å². The summed E-state index contributed by atoms with van der Waals surface area (Å²) < 4.78 is 0. The topological polar surface area (TPSA) is 57.6 Å². The summed E-state index contributed by atoms with van der Waals surface area (Å²) in [7, 11) is 1.85. The number of carboxylic acid groups (broad SMARTS) is 1. The molecule has 0 aromatic rings. The van der Waals surface area contributed by atoms with Crippen molar-refractivity contribution in [3.63, 3.8) is 0 Å². The van der Waals surface area contributed by atoms with Crippen molar-refractivity contribution < 1.29 is 14.7 Å². The lowest BCUT2D eigenvalue weighted by atomic mass is 9.75. The summed E-state index contributed by atoms with van der Waals surface area (Å²) in [6, 6.07) is 0.269. The van der Waals surface area contributed by atoms with Crippen LogP contribution < -0.4 is 0 Å². The fraction of sp³-hybridized carbons (Fsp3) is 0.765. The van der Waals surface area contributed by atoms with Gasteiger partial charge in [-0.2, -0.15) is 0 Å². The molecule has 2 rings (SSSR count). The number of carbonyl (C=O) groups is 2. The Morgan fingerprint density at radius 3 is 2.14 bits per heavy atom. The minimum Gasteiger partial charge on any atom is -0.481 e. The molecule has 0 aromatic heterocycles. The van der Waals surface area contributed by atoms with Crippen molar-refractivity contribution in [3.8, 4) is 0 Å². The maximum atomic E-state index is 12.7. The highest BCUT2D eigenvalue weighted by molar-refractivity contribution is 5.85. The molecule has 0 aliphatic heterocycles. The molecule has 1 N–H and O–H groups in total. The lowest BCUT2D eigenvalue weighted by Gasteiger charge is -2.40. The molecule has 2 atom stereocenters. The van der Waals surface area contributed by atoms with E-state index in [0.29, 0.717) is 18.3 Å². The lowest BCUT2D eigenvalue weighted by Crippen LogP contribution is -2.46. The van der Waals surface area contributed by atoms with Crippen molar-refractivity contribution in [3.05, 3.63) is 12.2 Å². The monoisotopic (exact) mass is 293 g/mol. The predicted molar refractivity (Wildman–Crippen MR) is 81.8 cm³/mol. The molecule has 0 spiro atoms. The smallest absolute Gasteiger partial charge is 0.307 e. The van der Waals surface area contributed by atoms with E-state index in [1.54, 1.807) is 0 Å². The van der Waals surface area contributed by atoms with Gasteiger partial charge in [0.25, 0.3) is 0 Å². The minimum atomic E-state index is -0.851. The Morgan fingerprint density at radius 2 is 1.62 bits per heavy atom. The number of carboxylic acids is 1. The Hall–Kier alpha value is -1.32. The summed E-state index contributed by atoms with van der Waals surface area (Å²) >= 11 is 0. The molecule has 4 heteroatoms. The molecule has 118 valence electrons. The van der Waals surface area contributed by atoms with E-state index in [-0.39, 0.29) is 11.9 Å². The molecule has 4 nitrogen and oxygen atoms in total. The molecule has 0 heterocycles. The molecule has 0 radical (unpaired) electrons. The number of hydrogen-bond acceptors (Lipinski definition) is 2. The maximum absolute atomic E-state index is 12.7. The van der Waals surface area contributed by atoms with Gasteiger partial charge in [-0.1, -0.05) is 26.0 Å². The van der Waals surface area contributed by atoms with Crippen LogP contribution in [0, 0.1) is 17.3 Å². The molecule has 1 fully saturated rings. The van der Waals surface area contributed by atoms with E-state index < -0.39 is 17.8 Å². The quantitative estimate of drug-likeness (QED) is 0.814. The Balaban J connectivity index is 2.01. The van der Waals surface area contributed by atoms with E-state index in [0.717, 1.165) is 25.7 Å². The van der Waals surface area contributed by atoms with E-state index >= 15 is 0 Å². The van der Waals surface area contributed by atoms with Gasteiger partial charge in [-0.15, -0.1) is 0 Å². The van der Waals surface area contributed by atoms with Crippen LogP contribution in [0.25, 0.3) is 0 Å². The molecule has 2 aliphatic carbocycles. The zero-order valence-electron chi connectivity index (χ0n) is 13.3. The third-order valence-electron chi connectivity index (χ3n) is 5.27. The number of aliphatic carboxylic acids is 1. The molecular weight excluding hydrogens is 266 g/mol. The van der Waals surface area contributed by atoms with Crippen LogP contribution in [0.3, 0.4) is 0 Å². The van der Waals surface area contributed by atoms with E-state index in [4.69, 9.17) is 0 Å². The van der Waals surface area contributed by atoms with Gasteiger partial charge in [-0.25, -0.2) is 0 Å². The zero-order chi connectivity index (χ0) is 15.6. The first-order chi connectivity index (χ1) is 9.82. The van der Waals surface area contributed by atoms with Crippen molar-refractivity contribution in [2.45, 2.75) is 58.4 Å². The Morgan fingerprint density at radius 1 is 1.10 bits per heavy atom. The maximum Gasteiger partial charge on any atom is 0.307 e. The van der Waals surface area contributed by atoms with Crippen LogP contribution in [-0.4, -0.2) is 35.0 Å². The van der Waals surface area contributed by atoms with Gasteiger partial charge < -0.3 is 10.0 Å². The van der Waals surface area contributed by atoms with Crippen LogP contribution in [0.1, 0.15) is 52.4 Å². The number of hydrogen-bond donors (Lipinski definition) is 1. The zero-order valence-corrected chi connectivity index (χ0v) is 13.3.